The van der Waals surface area contributed by atoms with Crippen LogP contribution >= 0.6 is 11.3 Å². The van der Waals surface area contributed by atoms with Crippen molar-refractivity contribution in [2.45, 2.75) is 52.9 Å². The zero-order valence-corrected chi connectivity index (χ0v) is 11.8. The highest BCUT2D eigenvalue weighted by atomic mass is 32.1. The third-order valence-electron chi connectivity index (χ3n) is 3.79. The molecule has 1 aliphatic carbocycles. The Balaban J connectivity index is 1.96. The van der Waals surface area contributed by atoms with Gasteiger partial charge in [0.25, 0.3) is 0 Å². The van der Waals surface area contributed by atoms with Gasteiger partial charge < -0.3 is 0 Å². The Hall–Kier alpha value is -0.700. The van der Waals surface area contributed by atoms with Crippen molar-refractivity contribution in [3.63, 3.8) is 0 Å². The highest BCUT2D eigenvalue weighted by molar-refractivity contribution is 7.11. The molecule has 1 aromatic rings. The molecular formula is C14H21NOS. The first-order valence-electron chi connectivity index (χ1n) is 6.52. The molecule has 0 bridgehead atoms. The summed E-state index contributed by atoms with van der Waals surface area (Å²) in [6.45, 7) is 6.35. The topological polar surface area (TPSA) is 30.0 Å². The molecule has 1 fully saturated rings. The van der Waals surface area contributed by atoms with E-state index in [1.165, 1.54) is 17.7 Å². The molecule has 0 aromatic carbocycles. The van der Waals surface area contributed by atoms with Crippen LogP contribution in [0.15, 0.2) is 0 Å². The molecule has 1 aromatic heterocycles. The van der Waals surface area contributed by atoms with E-state index in [2.05, 4.69) is 18.8 Å². The van der Waals surface area contributed by atoms with Gasteiger partial charge in [0.05, 0.1) is 12.1 Å². The van der Waals surface area contributed by atoms with Gasteiger partial charge in [-0.1, -0.05) is 19.8 Å². The lowest BCUT2D eigenvalue weighted by Gasteiger charge is -2.25. The second-order valence-electron chi connectivity index (χ2n) is 5.36. The maximum absolute atomic E-state index is 12.2. The molecule has 3 heteroatoms. The summed E-state index contributed by atoms with van der Waals surface area (Å²) in [7, 11) is 0. The molecule has 0 aliphatic heterocycles. The predicted molar refractivity (Wildman–Crippen MR) is 71.4 cm³/mol. The van der Waals surface area contributed by atoms with Gasteiger partial charge in [-0.05, 0) is 32.6 Å². The number of thiazole rings is 1. The maximum Gasteiger partial charge on any atom is 0.142 e. The minimum atomic E-state index is 0.295. The zero-order valence-electron chi connectivity index (χ0n) is 11.0. The Morgan fingerprint density at radius 2 is 2.18 bits per heavy atom. The summed E-state index contributed by atoms with van der Waals surface area (Å²) in [4.78, 5) is 17.9. The van der Waals surface area contributed by atoms with E-state index in [4.69, 9.17) is 0 Å². The number of ketones is 1. The quantitative estimate of drug-likeness (QED) is 0.820. The number of rotatable bonds is 3. The monoisotopic (exact) mass is 251 g/mol. The zero-order chi connectivity index (χ0) is 12.4. The van der Waals surface area contributed by atoms with Gasteiger partial charge in [-0.2, -0.15) is 0 Å². The summed E-state index contributed by atoms with van der Waals surface area (Å²) in [6.07, 6.45) is 5.23. The molecule has 1 heterocycles. The van der Waals surface area contributed by atoms with E-state index in [1.807, 2.05) is 6.92 Å². The lowest BCUT2D eigenvalue weighted by atomic mass is 9.80. The highest BCUT2D eigenvalue weighted by Gasteiger charge is 2.25. The molecule has 1 aliphatic rings. The molecule has 2 nitrogen and oxygen atoms in total. The number of hydrogen-bond donors (Lipinski definition) is 0. The summed E-state index contributed by atoms with van der Waals surface area (Å²) in [5, 5.41) is 1.00. The summed E-state index contributed by atoms with van der Waals surface area (Å²) in [5.41, 5.74) is 1.08. The van der Waals surface area contributed by atoms with Gasteiger partial charge in [0.15, 0.2) is 0 Å². The number of hydrogen-bond acceptors (Lipinski definition) is 3. The van der Waals surface area contributed by atoms with Gasteiger partial charge in [0, 0.05) is 10.8 Å². The van der Waals surface area contributed by atoms with Crippen LogP contribution in [0.1, 0.15) is 48.2 Å². The van der Waals surface area contributed by atoms with Crippen molar-refractivity contribution in [2.24, 2.45) is 11.8 Å². The Morgan fingerprint density at radius 1 is 1.41 bits per heavy atom. The Kier molecular flexibility index (Phi) is 3.97. The van der Waals surface area contributed by atoms with Gasteiger partial charge in [-0.3, -0.25) is 4.79 Å². The Bertz CT molecular complexity index is 391. The van der Waals surface area contributed by atoms with Gasteiger partial charge in [-0.25, -0.2) is 4.98 Å². The normalized spacial score (nSPS) is 24.9. The van der Waals surface area contributed by atoms with Crippen LogP contribution in [0, 0.1) is 25.7 Å². The van der Waals surface area contributed by atoms with Crippen LogP contribution in [-0.4, -0.2) is 10.8 Å². The third-order valence-corrected chi connectivity index (χ3v) is 4.86. The Morgan fingerprint density at radius 3 is 2.76 bits per heavy atom. The van der Waals surface area contributed by atoms with Gasteiger partial charge in [-0.15, -0.1) is 11.3 Å². The summed E-state index contributed by atoms with van der Waals surface area (Å²) >= 11 is 1.68. The van der Waals surface area contributed by atoms with Crippen molar-refractivity contribution >= 4 is 17.1 Å². The fourth-order valence-electron chi connectivity index (χ4n) is 2.63. The summed E-state index contributed by atoms with van der Waals surface area (Å²) < 4.78 is 0. The smallest absolute Gasteiger partial charge is 0.142 e. The van der Waals surface area contributed by atoms with Crippen LogP contribution in [-0.2, 0) is 11.2 Å². The summed E-state index contributed by atoms with van der Waals surface area (Å²) in [6, 6.07) is 0. The molecule has 2 unspecified atom stereocenters. The van der Waals surface area contributed by atoms with Crippen molar-refractivity contribution in [3.05, 3.63) is 15.6 Å². The van der Waals surface area contributed by atoms with Crippen LogP contribution in [0.3, 0.4) is 0 Å². The highest BCUT2D eigenvalue weighted by Crippen LogP contribution is 2.30. The molecule has 94 valence electrons. The minimum absolute atomic E-state index is 0.295. The van der Waals surface area contributed by atoms with Crippen molar-refractivity contribution < 1.29 is 4.79 Å². The molecule has 0 spiro atoms. The van der Waals surface area contributed by atoms with Crippen LogP contribution in [0.4, 0.5) is 0 Å². The molecule has 2 atom stereocenters. The van der Waals surface area contributed by atoms with Crippen molar-refractivity contribution in [1.29, 1.82) is 0 Å². The molecule has 0 N–H and O–H groups in total. The van der Waals surface area contributed by atoms with Gasteiger partial charge in [0.1, 0.15) is 10.8 Å². The molecule has 0 radical (unpaired) electrons. The largest absolute Gasteiger partial charge is 0.299 e. The van der Waals surface area contributed by atoms with E-state index in [9.17, 15) is 4.79 Å². The average Bonchev–Trinajstić information content (AvgIpc) is 2.58. The summed E-state index contributed by atoms with van der Waals surface area (Å²) in [5.74, 6) is 1.42. The number of carbonyl (C=O) groups is 1. The SMILES string of the molecule is Cc1nc(CC(=O)C2CCCC(C)C2)sc1C. The first kappa shape index (κ1) is 12.7. The second kappa shape index (κ2) is 5.30. The van der Waals surface area contributed by atoms with Crippen molar-refractivity contribution in [1.82, 2.24) is 4.98 Å². The average molecular weight is 251 g/mol. The number of carbonyl (C=O) groups excluding carboxylic acids is 1. The van der Waals surface area contributed by atoms with Crippen molar-refractivity contribution in [2.75, 3.05) is 0 Å². The van der Waals surface area contributed by atoms with Crippen LogP contribution in [0.25, 0.3) is 0 Å². The lowest BCUT2D eigenvalue weighted by Crippen LogP contribution is -2.23. The molecule has 1 saturated carbocycles. The number of Topliss-reactive ketones (excluding diaryl/α,β-unsaturated/α-hetero) is 1. The fraction of sp³-hybridized carbons (Fsp3) is 0.714. The van der Waals surface area contributed by atoms with Crippen LogP contribution < -0.4 is 0 Å². The van der Waals surface area contributed by atoms with E-state index in [0.29, 0.717) is 18.1 Å². The van der Waals surface area contributed by atoms with E-state index in [0.717, 1.165) is 29.5 Å². The maximum atomic E-state index is 12.2. The van der Waals surface area contributed by atoms with E-state index < -0.39 is 0 Å². The molecule has 0 amide bonds. The van der Waals surface area contributed by atoms with Gasteiger partial charge >= 0.3 is 0 Å². The fourth-order valence-corrected chi connectivity index (χ4v) is 3.58. The van der Waals surface area contributed by atoms with Gasteiger partial charge in [0.2, 0.25) is 0 Å². The van der Waals surface area contributed by atoms with Crippen LogP contribution in [0.5, 0.6) is 0 Å². The third kappa shape index (κ3) is 3.15. The van der Waals surface area contributed by atoms with Crippen LogP contribution in [0.2, 0.25) is 0 Å². The predicted octanol–water partition coefficient (Wildman–Crippen LogP) is 3.70. The van der Waals surface area contributed by atoms with E-state index in [-0.39, 0.29) is 0 Å². The number of aryl methyl sites for hydroxylation is 2. The molecule has 0 saturated heterocycles. The van der Waals surface area contributed by atoms with E-state index >= 15 is 0 Å². The second-order valence-corrected chi connectivity index (χ2v) is 6.65. The first-order valence-corrected chi connectivity index (χ1v) is 7.33. The molecular weight excluding hydrogens is 230 g/mol. The number of nitrogens with zero attached hydrogens (tertiary/aromatic N) is 1. The standard InChI is InChI=1S/C14H21NOS/c1-9-5-4-6-12(7-9)13(16)8-14-15-10(2)11(3)17-14/h9,12H,4-8H2,1-3H3. The minimum Gasteiger partial charge on any atom is -0.299 e. The lowest BCUT2D eigenvalue weighted by molar-refractivity contribution is -0.123. The molecule has 2 rings (SSSR count). The number of aromatic nitrogens is 1. The first-order chi connectivity index (χ1) is 8.06. The Labute approximate surface area is 107 Å². The van der Waals surface area contributed by atoms with E-state index in [1.54, 1.807) is 11.3 Å². The van der Waals surface area contributed by atoms with Crippen molar-refractivity contribution in [3.8, 4) is 0 Å². The molecule has 17 heavy (non-hydrogen) atoms.